The molecule has 0 aliphatic heterocycles. The fourth-order valence-electron chi connectivity index (χ4n) is 1.61. The van der Waals surface area contributed by atoms with Crippen molar-refractivity contribution >= 4 is 44.1 Å². The molecule has 0 aliphatic rings. The predicted molar refractivity (Wildman–Crippen MR) is 92.0 cm³/mol. The van der Waals surface area contributed by atoms with Gasteiger partial charge < -0.3 is 10.1 Å². The van der Waals surface area contributed by atoms with Gasteiger partial charge in [-0.1, -0.05) is 25.2 Å². The summed E-state index contributed by atoms with van der Waals surface area (Å²) >= 11 is 0.738. The third kappa shape index (κ3) is 4.73. The number of nitrogens with one attached hydrogen (secondary N) is 2. The molecule has 1 aromatic heterocycles. The van der Waals surface area contributed by atoms with Crippen LogP contribution < -0.4 is 10.0 Å². The topological polar surface area (TPSA) is 127 Å². The van der Waals surface area contributed by atoms with Gasteiger partial charge in [-0.25, -0.2) is 4.79 Å². The van der Waals surface area contributed by atoms with Crippen LogP contribution in [0.4, 0.5) is 10.8 Å². The van der Waals surface area contributed by atoms with Gasteiger partial charge in [0.1, 0.15) is 0 Å². The monoisotopic (exact) mass is 384 g/mol. The van der Waals surface area contributed by atoms with E-state index in [1.807, 2.05) is 0 Å². The number of sulfonamides is 1. The highest BCUT2D eigenvalue weighted by atomic mass is 32.2. The van der Waals surface area contributed by atoms with E-state index >= 15 is 0 Å². The summed E-state index contributed by atoms with van der Waals surface area (Å²) in [6.45, 7) is 3.40. The highest BCUT2D eigenvalue weighted by molar-refractivity contribution is 7.94. The van der Waals surface area contributed by atoms with E-state index < -0.39 is 16.0 Å². The summed E-state index contributed by atoms with van der Waals surface area (Å²) in [5.41, 5.74) is 0.538. The number of carbonyl (C=O) groups excluding carboxylic acids is 2. The molecule has 2 rings (SSSR count). The van der Waals surface area contributed by atoms with E-state index in [-0.39, 0.29) is 27.0 Å². The van der Waals surface area contributed by atoms with Crippen LogP contribution in [-0.4, -0.2) is 37.6 Å². The molecule has 0 saturated heterocycles. The second kappa shape index (κ2) is 7.57. The van der Waals surface area contributed by atoms with Gasteiger partial charge in [-0.05, 0) is 24.3 Å². The summed E-state index contributed by atoms with van der Waals surface area (Å²) < 4.78 is 31.2. The molecule has 2 aromatic rings. The molecule has 1 heterocycles. The largest absolute Gasteiger partial charge is 0.465 e. The second-order valence-corrected chi connectivity index (χ2v) is 8.03. The molecule has 0 bridgehead atoms. The Morgan fingerprint density at radius 2 is 1.80 bits per heavy atom. The van der Waals surface area contributed by atoms with Crippen molar-refractivity contribution in [1.29, 1.82) is 0 Å². The highest BCUT2D eigenvalue weighted by Crippen LogP contribution is 2.23. The quantitative estimate of drug-likeness (QED) is 0.573. The molecule has 0 aliphatic carbocycles. The molecule has 0 atom stereocenters. The Morgan fingerprint density at radius 3 is 2.36 bits per heavy atom. The Bertz CT molecular complexity index is 875. The first kappa shape index (κ1) is 18.8. The van der Waals surface area contributed by atoms with Gasteiger partial charge in [-0.3, -0.25) is 9.52 Å². The van der Waals surface area contributed by atoms with E-state index in [2.05, 4.69) is 25.0 Å². The number of esters is 1. The zero-order chi connectivity index (χ0) is 18.6. The highest BCUT2D eigenvalue weighted by Gasteiger charge is 2.21. The first-order chi connectivity index (χ1) is 11.7. The Kier molecular flexibility index (Phi) is 5.69. The average molecular weight is 384 g/mol. The van der Waals surface area contributed by atoms with Crippen LogP contribution in [0.5, 0.6) is 0 Å². The molecule has 0 saturated carbocycles. The summed E-state index contributed by atoms with van der Waals surface area (Å²) in [6.07, 6.45) is 0. The van der Waals surface area contributed by atoms with Crippen molar-refractivity contribution in [2.75, 3.05) is 17.1 Å². The van der Waals surface area contributed by atoms with Gasteiger partial charge in [0, 0.05) is 11.6 Å². The van der Waals surface area contributed by atoms with Crippen LogP contribution in [0.3, 0.4) is 0 Å². The minimum Gasteiger partial charge on any atom is -0.465 e. The zero-order valence-corrected chi connectivity index (χ0v) is 15.3. The molecule has 25 heavy (non-hydrogen) atoms. The maximum absolute atomic E-state index is 12.3. The van der Waals surface area contributed by atoms with Crippen molar-refractivity contribution in [3.05, 3.63) is 29.8 Å². The molecule has 1 amide bonds. The van der Waals surface area contributed by atoms with E-state index in [1.54, 1.807) is 13.8 Å². The molecular formula is C14H16N4O5S2. The van der Waals surface area contributed by atoms with Crippen molar-refractivity contribution in [1.82, 2.24) is 10.2 Å². The van der Waals surface area contributed by atoms with Crippen molar-refractivity contribution < 1.29 is 22.7 Å². The first-order valence-electron chi connectivity index (χ1n) is 7.08. The molecule has 1 aromatic carbocycles. The number of methoxy groups -OCH3 is 1. The molecule has 0 unspecified atom stereocenters. The summed E-state index contributed by atoms with van der Waals surface area (Å²) in [4.78, 5) is 23.0. The lowest BCUT2D eigenvalue weighted by Crippen LogP contribution is -2.17. The summed E-state index contributed by atoms with van der Waals surface area (Å²) in [5.74, 6) is -1.08. The van der Waals surface area contributed by atoms with E-state index in [4.69, 9.17) is 0 Å². The number of ether oxygens (including phenoxy) is 1. The normalized spacial score (nSPS) is 11.2. The van der Waals surface area contributed by atoms with E-state index in [0.29, 0.717) is 5.56 Å². The SMILES string of the molecule is COC(=O)c1ccc(NS(=O)(=O)c2nnc(NC(=O)C(C)C)s2)cc1. The maximum Gasteiger partial charge on any atom is 0.337 e. The summed E-state index contributed by atoms with van der Waals surface area (Å²) in [6, 6.07) is 5.70. The summed E-state index contributed by atoms with van der Waals surface area (Å²) in [7, 11) is -2.71. The van der Waals surface area contributed by atoms with Gasteiger partial charge >= 0.3 is 5.97 Å². The molecule has 134 valence electrons. The number of aromatic nitrogens is 2. The van der Waals surface area contributed by atoms with Crippen LogP contribution in [0.2, 0.25) is 0 Å². The minimum atomic E-state index is -3.96. The molecule has 9 nitrogen and oxygen atoms in total. The first-order valence-corrected chi connectivity index (χ1v) is 9.38. The van der Waals surface area contributed by atoms with Crippen LogP contribution in [-0.2, 0) is 19.6 Å². The van der Waals surface area contributed by atoms with E-state index in [1.165, 1.54) is 31.4 Å². The maximum atomic E-state index is 12.3. The number of benzene rings is 1. The lowest BCUT2D eigenvalue weighted by molar-refractivity contribution is -0.118. The van der Waals surface area contributed by atoms with Crippen LogP contribution in [0, 0.1) is 5.92 Å². The Balaban J connectivity index is 2.13. The lowest BCUT2D eigenvalue weighted by Gasteiger charge is -2.06. The van der Waals surface area contributed by atoms with Gasteiger partial charge in [-0.15, -0.1) is 10.2 Å². The van der Waals surface area contributed by atoms with Crippen molar-refractivity contribution in [2.45, 2.75) is 18.2 Å². The summed E-state index contributed by atoms with van der Waals surface area (Å²) in [5, 5.41) is 9.82. The van der Waals surface area contributed by atoms with Gasteiger partial charge in [0.15, 0.2) is 0 Å². The standard InChI is InChI=1S/C14H16N4O5S2/c1-8(2)11(19)15-13-16-17-14(24-13)25(21,22)18-10-6-4-9(5-7-10)12(20)23-3/h4-8,18H,1-3H3,(H,15,16,19). The van der Waals surface area contributed by atoms with Gasteiger partial charge in [0.2, 0.25) is 11.0 Å². The third-order valence-corrected chi connectivity index (χ3v) is 5.54. The number of amides is 1. The van der Waals surface area contributed by atoms with Crippen LogP contribution in [0.15, 0.2) is 28.6 Å². The molecule has 11 heteroatoms. The Hall–Kier alpha value is -2.53. The molecule has 2 N–H and O–H groups in total. The fraction of sp³-hybridized carbons (Fsp3) is 0.286. The van der Waals surface area contributed by atoms with E-state index in [9.17, 15) is 18.0 Å². The minimum absolute atomic E-state index is 0.0973. The van der Waals surface area contributed by atoms with Crippen molar-refractivity contribution in [3.8, 4) is 0 Å². The van der Waals surface area contributed by atoms with Crippen LogP contribution in [0.1, 0.15) is 24.2 Å². The Labute approximate surface area is 148 Å². The molecule has 0 fully saturated rings. The number of hydrogen-bond donors (Lipinski definition) is 2. The van der Waals surface area contributed by atoms with Crippen LogP contribution in [0.25, 0.3) is 0 Å². The van der Waals surface area contributed by atoms with Crippen molar-refractivity contribution in [2.24, 2.45) is 5.92 Å². The second-order valence-electron chi connectivity index (χ2n) is 5.19. The molecule has 0 spiro atoms. The average Bonchev–Trinajstić information content (AvgIpc) is 3.04. The lowest BCUT2D eigenvalue weighted by atomic mass is 10.2. The van der Waals surface area contributed by atoms with E-state index in [0.717, 1.165) is 11.3 Å². The smallest absolute Gasteiger partial charge is 0.337 e. The molecular weight excluding hydrogens is 368 g/mol. The molecule has 0 radical (unpaired) electrons. The number of anilines is 2. The van der Waals surface area contributed by atoms with Gasteiger partial charge in [0.25, 0.3) is 14.4 Å². The van der Waals surface area contributed by atoms with Crippen molar-refractivity contribution in [3.63, 3.8) is 0 Å². The zero-order valence-electron chi connectivity index (χ0n) is 13.6. The number of hydrogen-bond acceptors (Lipinski definition) is 8. The number of nitrogens with zero attached hydrogens (tertiary/aromatic N) is 2. The third-order valence-electron chi connectivity index (χ3n) is 2.95. The predicted octanol–water partition coefficient (Wildman–Crippen LogP) is 1.72. The number of carbonyl (C=O) groups is 2. The Morgan fingerprint density at radius 1 is 1.16 bits per heavy atom. The van der Waals surface area contributed by atoms with Gasteiger partial charge in [-0.2, -0.15) is 8.42 Å². The van der Waals surface area contributed by atoms with Gasteiger partial charge in [0.05, 0.1) is 12.7 Å². The fourth-order valence-corrected chi connectivity index (χ4v) is 3.57. The van der Waals surface area contributed by atoms with Crippen LogP contribution >= 0.6 is 11.3 Å². The number of rotatable bonds is 6.